The van der Waals surface area contributed by atoms with Crippen molar-refractivity contribution in [1.82, 2.24) is 0 Å². The fourth-order valence-electron chi connectivity index (χ4n) is 2.67. The summed E-state index contributed by atoms with van der Waals surface area (Å²) in [5.74, 6) is -0.505. The summed E-state index contributed by atoms with van der Waals surface area (Å²) in [4.78, 5) is 37.1. The first kappa shape index (κ1) is 14.0. The lowest BCUT2D eigenvalue weighted by atomic mass is 9.84. The highest BCUT2D eigenvalue weighted by atomic mass is 16.4. The molecule has 2 aromatic rings. The summed E-state index contributed by atoms with van der Waals surface area (Å²) in [6.45, 7) is 1.86. The maximum absolute atomic E-state index is 12.6. The van der Waals surface area contributed by atoms with Gasteiger partial charge in [-0.2, -0.15) is 0 Å². The normalized spacial score (nSPS) is 12.6. The van der Waals surface area contributed by atoms with Crippen molar-refractivity contribution in [1.29, 1.82) is 0 Å². The maximum Gasteiger partial charge on any atom is 0.194 e. The van der Waals surface area contributed by atoms with Crippen LogP contribution in [-0.4, -0.2) is 24.2 Å². The molecule has 1 aliphatic carbocycles. The number of fused-ring (bicyclic) bond motifs is 2. The lowest BCUT2D eigenvalue weighted by Gasteiger charge is -2.25. The molecule has 1 amide bonds. The summed E-state index contributed by atoms with van der Waals surface area (Å²) in [6.07, 6.45) is -1.35. The lowest BCUT2D eigenvalue weighted by Crippen LogP contribution is -2.41. The van der Waals surface area contributed by atoms with Gasteiger partial charge in [0.2, 0.25) is 0 Å². The second-order valence-corrected chi connectivity index (χ2v) is 4.94. The summed E-state index contributed by atoms with van der Waals surface area (Å²) < 4.78 is 0. The Balaban J connectivity index is 2.16. The van der Waals surface area contributed by atoms with Gasteiger partial charge in [-0.1, -0.05) is 24.3 Å². The molecule has 0 saturated carbocycles. The Morgan fingerprint density at radius 2 is 1.50 bits per heavy atom. The number of ketones is 2. The number of carboxylic acid groups (broad SMARTS) is 1. The van der Waals surface area contributed by atoms with E-state index in [9.17, 15) is 19.5 Å². The number of anilines is 1. The number of carbonyl (C=O) groups is 3. The summed E-state index contributed by atoms with van der Waals surface area (Å²) in [5.41, 5.74) is 1.55. The van der Waals surface area contributed by atoms with Crippen LogP contribution in [0.25, 0.3) is 0 Å². The number of hydrogen-bond donors (Lipinski definition) is 0. The van der Waals surface area contributed by atoms with E-state index in [2.05, 4.69) is 0 Å². The van der Waals surface area contributed by atoms with Crippen LogP contribution < -0.4 is 10.0 Å². The Labute approximate surface area is 126 Å². The third-order valence-electron chi connectivity index (χ3n) is 3.76. The third-order valence-corrected chi connectivity index (χ3v) is 3.76. The monoisotopic (exact) mass is 294 g/mol. The van der Waals surface area contributed by atoms with E-state index in [1.807, 2.05) is 0 Å². The predicted octanol–water partition coefficient (Wildman–Crippen LogP) is 1.63. The molecule has 0 N–H and O–H groups in total. The van der Waals surface area contributed by atoms with Crippen LogP contribution in [0.1, 0.15) is 38.8 Å². The van der Waals surface area contributed by atoms with E-state index < -0.39 is 6.09 Å². The van der Waals surface area contributed by atoms with Crippen LogP contribution in [0, 0.1) is 0 Å². The second-order valence-electron chi connectivity index (χ2n) is 4.94. The minimum absolute atomic E-state index is 0.194. The molecule has 0 saturated heterocycles. The molecule has 0 atom stereocenters. The molecule has 0 aromatic heterocycles. The Morgan fingerprint density at radius 1 is 0.955 bits per heavy atom. The summed E-state index contributed by atoms with van der Waals surface area (Å²) >= 11 is 0. The highest BCUT2D eigenvalue weighted by Crippen LogP contribution is 2.30. The molecule has 2 aromatic carbocycles. The average molecular weight is 294 g/mol. The molecule has 0 heterocycles. The maximum atomic E-state index is 12.6. The first-order valence-corrected chi connectivity index (χ1v) is 6.85. The van der Waals surface area contributed by atoms with Gasteiger partial charge in [0.1, 0.15) is 6.09 Å². The van der Waals surface area contributed by atoms with Gasteiger partial charge in [0.05, 0.1) is 0 Å². The number of amides is 1. The van der Waals surface area contributed by atoms with Crippen molar-refractivity contribution in [2.75, 3.05) is 11.4 Å². The number of hydrogen-bond acceptors (Lipinski definition) is 4. The molecule has 22 heavy (non-hydrogen) atoms. The average Bonchev–Trinajstić information content (AvgIpc) is 2.53. The molecule has 0 bridgehead atoms. The van der Waals surface area contributed by atoms with Gasteiger partial charge in [-0.05, 0) is 25.1 Å². The molecule has 0 fully saturated rings. The van der Waals surface area contributed by atoms with Crippen LogP contribution in [0.5, 0.6) is 0 Å². The van der Waals surface area contributed by atoms with E-state index in [-0.39, 0.29) is 23.7 Å². The van der Waals surface area contributed by atoms with Crippen LogP contribution in [0.4, 0.5) is 10.5 Å². The predicted molar refractivity (Wildman–Crippen MR) is 78.2 cm³/mol. The van der Waals surface area contributed by atoms with E-state index in [1.54, 1.807) is 31.2 Å². The van der Waals surface area contributed by atoms with Crippen molar-refractivity contribution < 1.29 is 19.5 Å². The van der Waals surface area contributed by atoms with Gasteiger partial charge in [0.25, 0.3) is 0 Å². The molecular formula is C17H12NO4-. The molecule has 5 heteroatoms. The number of rotatable bonds is 2. The van der Waals surface area contributed by atoms with Gasteiger partial charge < -0.3 is 14.8 Å². The van der Waals surface area contributed by atoms with Gasteiger partial charge in [0, 0.05) is 34.5 Å². The Morgan fingerprint density at radius 3 is 2.05 bits per heavy atom. The van der Waals surface area contributed by atoms with Gasteiger partial charge in [0.15, 0.2) is 11.6 Å². The fourth-order valence-corrected chi connectivity index (χ4v) is 2.67. The van der Waals surface area contributed by atoms with Gasteiger partial charge in [-0.25, -0.2) is 0 Å². The van der Waals surface area contributed by atoms with E-state index in [0.29, 0.717) is 22.4 Å². The van der Waals surface area contributed by atoms with Crippen molar-refractivity contribution >= 4 is 23.3 Å². The molecule has 0 spiro atoms. The zero-order valence-corrected chi connectivity index (χ0v) is 11.8. The third kappa shape index (κ3) is 1.98. The van der Waals surface area contributed by atoms with E-state index in [4.69, 9.17) is 0 Å². The van der Waals surface area contributed by atoms with Crippen LogP contribution in [0.2, 0.25) is 0 Å². The van der Waals surface area contributed by atoms with Crippen molar-refractivity contribution in [2.24, 2.45) is 0 Å². The zero-order valence-electron chi connectivity index (χ0n) is 11.8. The minimum atomic E-state index is -1.35. The van der Waals surface area contributed by atoms with E-state index in [1.165, 1.54) is 18.2 Å². The molecule has 0 unspecified atom stereocenters. The molecule has 110 valence electrons. The quantitative estimate of drug-likeness (QED) is 0.719. The van der Waals surface area contributed by atoms with Crippen LogP contribution in [0.15, 0.2) is 42.5 Å². The highest BCUT2D eigenvalue weighted by molar-refractivity contribution is 6.28. The molecule has 1 aliphatic rings. The molecule has 0 radical (unpaired) electrons. The first-order valence-electron chi connectivity index (χ1n) is 6.85. The van der Waals surface area contributed by atoms with Crippen LogP contribution in [0.3, 0.4) is 0 Å². The topological polar surface area (TPSA) is 77.5 Å². The van der Waals surface area contributed by atoms with E-state index in [0.717, 1.165) is 4.90 Å². The van der Waals surface area contributed by atoms with Crippen molar-refractivity contribution in [3.8, 4) is 0 Å². The van der Waals surface area contributed by atoms with Gasteiger partial charge in [-0.3, -0.25) is 9.59 Å². The molecule has 0 aliphatic heterocycles. The van der Waals surface area contributed by atoms with Gasteiger partial charge in [-0.15, -0.1) is 0 Å². The highest BCUT2D eigenvalue weighted by Gasteiger charge is 2.29. The summed E-state index contributed by atoms with van der Waals surface area (Å²) in [7, 11) is 0. The molecule has 3 rings (SSSR count). The van der Waals surface area contributed by atoms with Crippen LogP contribution in [-0.2, 0) is 0 Å². The number of nitrogens with zero attached hydrogens (tertiary/aromatic N) is 1. The van der Waals surface area contributed by atoms with E-state index >= 15 is 0 Å². The van der Waals surface area contributed by atoms with Crippen molar-refractivity contribution in [3.63, 3.8) is 0 Å². The van der Waals surface area contributed by atoms with Crippen LogP contribution >= 0.6 is 0 Å². The largest absolute Gasteiger partial charge is 0.530 e. The number of benzene rings is 2. The Bertz CT molecular complexity index is 810. The smallest absolute Gasteiger partial charge is 0.194 e. The standard InChI is InChI=1S/C17H13NO4/c1-2-18(17(21)22)10-7-8-13-14(9-10)16(20)12-6-4-3-5-11(12)15(13)19/h3-9H,2H2,1H3,(H,21,22)/p-1. The van der Waals surface area contributed by atoms with Gasteiger partial charge >= 0.3 is 0 Å². The number of carbonyl (C=O) groups excluding carboxylic acids is 3. The zero-order chi connectivity index (χ0) is 15.9. The summed E-state index contributed by atoms with van der Waals surface area (Å²) in [6, 6.07) is 11.1. The Hall–Kier alpha value is -2.95. The Kier molecular flexibility index (Phi) is 3.25. The fraction of sp³-hybridized carbons (Fsp3) is 0.118. The van der Waals surface area contributed by atoms with Crippen molar-refractivity contribution in [3.05, 3.63) is 64.7 Å². The lowest BCUT2D eigenvalue weighted by molar-refractivity contribution is -0.246. The minimum Gasteiger partial charge on any atom is -0.530 e. The first-order chi connectivity index (χ1) is 10.5. The van der Waals surface area contributed by atoms with Crippen molar-refractivity contribution in [2.45, 2.75) is 6.92 Å². The molecular weight excluding hydrogens is 282 g/mol. The molecule has 5 nitrogen and oxygen atoms in total. The summed E-state index contributed by atoms with van der Waals surface area (Å²) in [5, 5.41) is 11.1. The SMILES string of the molecule is CCN(C(=O)[O-])c1ccc2c(c1)C(=O)c1ccccc1C2=O. The second kappa shape index (κ2) is 5.11.